The highest BCUT2D eigenvalue weighted by Gasteiger charge is 2.35. The molecule has 1 rings (SSSR count). The smallest absolute Gasteiger partial charge is 0.305 e. The Kier molecular flexibility index (Phi) is 4.54. The fourth-order valence-electron chi connectivity index (χ4n) is 1.78. The first-order valence-corrected chi connectivity index (χ1v) is 5.52. The number of methoxy groups -OCH3 is 1. The summed E-state index contributed by atoms with van der Waals surface area (Å²) in [6.07, 6.45) is 2.58. The highest BCUT2D eigenvalue weighted by atomic mass is 16.5. The Hall–Kier alpha value is -0.610. The minimum Gasteiger partial charge on any atom is -0.469 e. The highest BCUT2D eigenvalue weighted by Crippen LogP contribution is 2.24. The van der Waals surface area contributed by atoms with Crippen LogP contribution in [0.2, 0.25) is 0 Å². The summed E-state index contributed by atoms with van der Waals surface area (Å²) in [5.41, 5.74) is 0.0656. The molecule has 0 aromatic carbocycles. The van der Waals surface area contributed by atoms with Crippen molar-refractivity contribution in [3.8, 4) is 0 Å². The molecular formula is C11H21NO3. The molecule has 0 radical (unpaired) electrons. The van der Waals surface area contributed by atoms with Crippen LogP contribution in [0.1, 0.15) is 33.1 Å². The van der Waals surface area contributed by atoms with Gasteiger partial charge in [-0.05, 0) is 33.2 Å². The average Bonchev–Trinajstić information content (AvgIpc) is 2.54. The molecule has 0 bridgehead atoms. The minimum atomic E-state index is -0.141. The number of carbonyl (C=O) groups excluding carboxylic acids is 1. The van der Waals surface area contributed by atoms with Gasteiger partial charge in [0.15, 0.2) is 0 Å². The first-order chi connectivity index (χ1) is 7.08. The van der Waals surface area contributed by atoms with Crippen LogP contribution in [0.3, 0.4) is 0 Å². The van der Waals surface area contributed by atoms with Gasteiger partial charge in [0, 0.05) is 18.6 Å². The van der Waals surface area contributed by atoms with E-state index < -0.39 is 0 Å². The van der Waals surface area contributed by atoms with Gasteiger partial charge in [0.2, 0.25) is 0 Å². The molecule has 15 heavy (non-hydrogen) atoms. The second-order valence-electron chi connectivity index (χ2n) is 4.29. The summed E-state index contributed by atoms with van der Waals surface area (Å²) >= 11 is 0. The van der Waals surface area contributed by atoms with Crippen LogP contribution >= 0.6 is 0 Å². The molecule has 1 heterocycles. The van der Waals surface area contributed by atoms with E-state index in [1.807, 2.05) is 0 Å². The van der Waals surface area contributed by atoms with Gasteiger partial charge in [-0.15, -0.1) is 0 Å². The predicted molar refractivity (Wildman–Crippen MR) is 57.7 cm³/mol. The lowest BCUT2D eigenvalue weighted by atomic mass is 9.94. The molecule has 1 N–H and O–H groups in total. The Labute approximate surface area is 91.3 Å². The van der Waals surface area contributed by atoms with E-state index in [0.29, 0.717) is 6.42 Å². The fourth-order valence-corrected chi connectivity index (χ4v) is 1.78. The van der Waals surface area contributed by atoms with Gasteiger partial charge in [0.05, 0.1) is 13.2 Å². The number of rotatable bonds is 5. The SMILES string of the molecule is COC(=O)CCCN[C@]1(C)CCO[C@H]1C. The molecule has 4 heteroatoms. The van der Waals surface area contributed by atoms with Crippen molar-refractivity contribution in [2.24, 2.45) is 0 Å². The second-order valence-corrected chi connectivity index (χ2v) is 4.29. The molecule has 0 unspecified atom stereocenters. The molecule has 0 spiro atoms. The van der Waals surface area contributed by atoms with Crippen LogP contribution in [0.5, 0.6) is 0 Å². The van der Waals surface area contributed by atoms with Crippen molar-refractivity contribution < 1.29 is 14.3 Å². The number of ether oxygens (including phenoxy) is 2. The number of esters is 1. The summed E-state index contributed by atoms with van der Waals surface area (Å²) in [5.74, 6) is -0.141. The van der Waals surface area contributed by atoms with E-state index in [-0.39, 0.29) is 17.6 Å². The van der Waals surface area contributed by atoms with Gasteiger partial charge in [-0.2, -0.15) is 0 Å². The van der Waals surface area contributed by atoms with E-state index in [0.717, 1.165) is 26.0 Å². The van der Waals surface area contributed by atoms with E-state index in [9.17, 15) is 4.79 Å². The molecule has 1 aliphatic rings. The number of carbonyl (C=O) groups is 1. The summed E-state index contributed by atoms with van der Waals surface area (Å²) in [4.78, 5) is 10.9. The van der Waals surface area contributed by atoms with Crippen LogP contribution < -0.4 is 5.32 Å². The Morgan fingerprint density at radius 2 is 2.40 bits per heavy atom. The highest BCUT2D eigenvalue weighted by molar-refractivity contribution is 5.69. The van der Waals surface area contributed by atoms with Crippen molar-refractivity contribution in [2.75, 3.05) is 20.3 Å². The van der Waals surface area contributed by atoms with E-state index in [1.54, 1.807) is 0 Å². The molecular weight excluding hydrogens is 194 g/mol. The van der Waals surface area contributed by atoms with Crippen LogP contribution in [-0.2, 0) is 14.3 Å². The van der Waals surface area contributed by atoms with E-state index in [4.69, 9.17) is 4.74 Å². The summed E-state index contributed by atoms with van der Waals surface area (Å²) in [6, 6.07) is 0. The quantitative estimate of drug-likeness (QED) is 0.551. The van der Waals surface area contributed by atoms with Crippen LogP contribution in [0, 0.1) is 0 Å². The third-order valence-corrected chi connectivity index (χ3v) is 3.20. The molecule has 4 nitrogen and oxygen atoms in total. The Balaban J connectivity index is 2.17. The van der Waals surface area contributed by atoms with Crippen LogP contribution in [0.25, 0.3) is 0 Å². The molecule has 0 aliphatic carbocycles. The van der Waals surface area contributed by atoms with Crippen LogP contribution in [-0.4, -0.2) is 37.9 Å². The van der Waals surface area contributed by atoms with Gasteiger partial charge < -0.3 is 14.8 Å². The van der Waals surface area contributed by atoms with Gasteiger partial charge >= 0.3 is 5.97 Å². The van der Waals surface area contributed by atoms with Crippen molar-refractivity contribution in [2.45, 2.75) is 44.8 Å². The molecule has 2 atom stereocenters. The van der Waals surface area contributed by atoms with Crippen LogP contribution in [0.15, 0.2) is 0 Å². The molecule has 0 amide bonds. The zero-order valence-electron chi connectivity index (χ0n) is 9.84. The zero-order chi connectivity index (χ0) is 11.3. The number of nitrogens with one attached hydrogen (secondary N) is 1. The summed E-state index contributed by atoms with van der Waals surface area (Å²) in [6.45, 7) is 5.91. The maximum Gasteiger partial charge on any atom is 0.305 e. The topological polar surface area (TPSA) is 47.6 Å². The monoisotopic (exact) mass is 215 g/mol. The average molecular weight is 215 g/mol. The van der Waals surface area contributed by atoms with Gasteiger partial charge in [0.25, 0.3) is 0 Å². The molecule has 0 saturated carbocycles. The van der Waals surface area contributed by atoms with Crippen molar-refractivity contribution in [1.82, 2.24) is 5.32 Å². The van der Waals surface area contributed by atoms with E-state index >= 15 is 0 Å². The van der Waals surface area contributed by atoms with Crippen molar-refractivity contribution in [1.29, 1.82) is 0 Å². The minimum absolute atomic E-state index is 0.0656. The first kappa shape index (κ1) is 12.5. The molecule has 0 aromatic heterocycles. The Morgan fingerprint density at radius 1 is 1.67 bits per heavy atom. The Morgan fingerprint density at radius 3 is 2.93 bits per heavy atom. The van der Waals surface area contributed by atoms with Crippen molar-refractivity contribution in [3.05, 3.63) is 0 Å². The maximum atomic E-state index is 10.9. The van der Waals surface area contributed by atoms with E-state index in [2.05, 4.69) is 23.9 Å². The summed E-state index contributed by atoms with van der Waals surface area (Å²) in [7, 11) is 1.42. The normalized spacial score (nSPS) is 30.5. The lowest BCUT2D eigenvalue weighted by molar-refractivity contribution is -0.140. The van der Waals surface area contributed by atoms with Gasteiger partial charge in [-0.1, -0.05) is 0 Å². The van der Waals surface area contributed by atoms with Crippen molar-refractivity contribution >= 4 is 5.97 Å². The van der Waals surface area contributed by atoms with E-state index in [1.165, 1.54) is 7.11 Å². The number of hydrogen-bond acceptors (Lipinski definition) is 4. The lowest BCUT2D eigenvalue weighted by Crippen LogP contribution is -2.48. The first-order valence-electron chi connectivity index (χ1n) is 5.52. The predicted octanol–water partition coefficient (Wildman–Crippen LogP) is 1.10. The third kappa shape index (κ3) is 3.47. The van der Waals surface area contributed by atoms with Crippen LogP contribution in [0.4, 0.5) is 0 Å². The summed E-state index contributed by atoms with van der Waals surface area (Å²) < 4.78 is 10.1. The standard InChI is InChI=1S/C11H21NO3/c1-9-11(2,6-8-15-9)12-7-4-5-10(13)14-3/h9,12H,4-8H2,1-3H3/t9-,11+/m0/s1. The molecule has 1 fully saturated rings. The molecule has 1 saturated heterocycles. The summed E-state index contributed by atoms with van der Waals surface area (Å²) in [5, 5.41) is 3.45. The zero-order valence-corrected chi connectivity index (χ0v) is 9.84. The largest absolute Gasteiger partial charge is 0.469 e. The fraction of sp³-hybridized carbons (Fsp3) is 0.909. The number of hydrogen-bond donors (Lipinski definition) is 1. The molecule has 1 aliphatic heterocycles. The molecule has 0 aromatic rings. The molecule has 88 valence electrons. The Bertz CT molecular complexity index is 220. The van der Waals surface area contributed by atoms with Gasteiger partial charge in [0.1, 0.15) is 0 Å². The maximum absolute atomic E-state index is 10.9. The second kappa shape index (κ2) is 5.47. The van der Waals surface area contributed by atoms with Gasteiger partial charge in [-0.25, -0.2) is 0 Å². The lowest BCUT2D eigenvalue weighted by Gasteiger charge is -2.29. The third-order valence-electron chi connectivity index (χ3n) is 3.20. The van der Waals surface area contributed by atoms with Gasteiger partial charge in [-0.3, -0.25) is 4.79 Å². The van der Waals surface area contributed by atoms with Crippen molar-refractivity contribution in [3.63, 3.8) is 0 Å².